The summed E-state index contributed by atoms with van der Waals surface area (Å²) in [4.78, 5) is 0. The Morgan fingerprint density at radius 2 is 1.82 bits per heavy atom. The molecule has 0 atom stereocenters. The van der Waals surface area contributed by atoms with E-state index < -0.39 is 11.6 Å². The van der Waals surface area contributed by atoms with E-state index in [0.717, 1.165) is 0 Å². The van der Waals surface area contributed by atoms with Gasteiger partial charge in [-0.2, -0.15) is 0 Å². The smallest absolute Gasteiger partial charge is 0.127 e. The second-order valence-corrected chi connectivity index (χ2v) is 2.08. The van der Waals surface area contributed by atoms with Crippen molar-refractivity contribution in [3.8, 4) is 0 Å². The maximum atomic E-state index is 12.7. The number of halogens is 2. The zero-order valence-electron chi connectivity index (χ0n) is 5.85. The molecule has 0 heterocycles. The Morgan fingerprint density at radius 3 is 2.27 bits per heavy atom. The van der Waals surface area contributed by atoms with Gasteiger partial charge in [-0.3, -0.25) is 0 Å². The first-order valence-corrected chi connectivity index (χ1v) is 3.11. The Hall–Kier alpha value is -1.00. The summed E-state index contributed by atoms with van der Waals surface area (Å²) in [5, 5.41) is 0. The molecule has 0 saturated carbocycles. The number of benzene rings is 1. The molecule has 0 aliphatic rings. The quantitative estimate of drug-likeness (QED) is 0.624. The highest BCUT2D eigenvalue weighted by molar-refractivity contribution is 5.20. The van der Waals surface area contributed by atoms with Crippen molar-refractivity contribution in [2.45, 2.75) is 6.54 Å². The number of hydrogen-bond acceptors (Lipinski definition) is 0. The van der Waals surface area contributed by atoms with Crippen LogP contribution in [0.1, 0.15) is 5.56 Å². The van der Waals surface area contributed by atoms with Crippen LogP contribution in [0.2, 0.25) is 0 Å². The van der Waals surface area contributed by atoms with Crippen LogP contribution in [0.3, 0.4) is 0 Å². The van der Waals surface area contributed by atoms with E-state index in [1.165, 1.54) is 18.2 Å². The van der Waals surface area contributed by atoms with Crippen molar-refractivity contribution in [1.82, 2.24) is 0 Å². The van der Waals surface area contributed by atoms with E-state index in [1.54, 1.807) is 0 Å². The SMILES string of the molecule is [NH3+][N-]Cc1c(F)cccc1F. The highest BCUT2D eigenvalue weighted by atomic mass is 19.1. The number of hydrogen-bond donors (Lipinski definition) is 1. The molecule has 0 aliphatic carbocycles. The van der Waals surface area contributed by atoms with Crippen LogP contribution in [-0.4, -0.2) is 0 Å². The minimum Gasteiger partial charge on any atom is -0.453 e. The molecule has 0 fully saturated rings. The molecule has 1 aromatic carbocycles. The van der Waals surface area contributed by atoms with E-state index in [-0.39, 0.29) is 12.1 Å². The summed E-state index contributed by atoms with van der Waals surface area (Å²) in [6, 6.07) is 3.71. The molecule has 3 N–H and O–H groups in total. The fourth-order valence-electron chi connectivity index (χ4n) is 0.795. The van der Waals surface area contributed by atoms with Crippen LogP contribution >= 0.6 is 0 Å². The minimum atomic E-state index is -0.572. The number of quaternary nitrogens is 1. The molecular weight excluding hydrogens is 150 g/mol. The lowest BCUT2D eigenvalue weighted by atomic mass is 10.2. The van der Waals surface area contributed by atoms with Crippen LogP contribution in [0.15, 0.2) is 18.2 Å². The Labute approximate surface area is 63.0 Å². The van der Waals surface area contributed by atoms with Crippen molar-refractivity contribution in [2.24, 2.45) is 0 Å². The van der Waals surface area contributed by atoms with Crippen LogP contribution in [0.25, 0.3) is 5.43 Å². The summed E-state index contributed by atoms with van der Waals surface area (Å²) in [5.74, 6) is 2.01. The van der Waals surface area contributed by atoms with E-state index in [1.807, 2.05) is 0 Å². The summed E-state index contributed by atoms with van der Waals surface area (Å²) in [7, 11) is 0. The summed E-state index contributed by atoms with van der Waals surface area (Å²) in [6.45, 7) is -0.0154. The first kappa shape index (κ1) is 8.10. The van der Waals surface area contributed by atoms with E-state index in [4.69, 9.17) is 0 Å². The van der Waals surface area contributed by atoms with Gasteiger partial charge in [0.25, 0.3) is 0 Å². The van der Waals surface area contributed by atoms with Gasteiger partial charge in [0.05, 0.1) is 0 Å². The first-order chi connectivity index (χ1) is 5.25. The van der Waals surface area contributed by atoms with E-state index in [2.05, 4.69) is 11.3 Å². The lowest BCUT2D eigenvalue weighted by Gasteiger charge is -2.08. The lowest BCUT2D eigenvalue weighted by molar-refractivity contribution is -0.306. The Balaban J connectivity index is 3.00. The molecule has 0 bridgehead atoms. The highest BCUT2D eigenvalue weighted by Crippen LogP contribution is 2.12. The molecule has 1 aromatic rings. The molecule has 0 unspecified atom stereocenters. The van der Waals surface area contributed by atoms with Crippen molar-refractivity contribution < 1.29 is 14.6 Å². The van der Waals surface area contributed by atoms with Gasteiger partial charge in [-0.05, 0) is 12.1 Å². The van der Waals surface area contributed by atoms with Gasteiger partial charge in [0, 0.05) is 5.56 Å². The van der Waals surface area contributed by atoms with Crippen molar-refractivity contribution >= 4 is 0 Å². The van der Waals surface area contributed by atoms with Crippen LogP contribution in [0, 0.1) is 11.6 Å². The predicted molar refractivity (Wildman–Crippen MR) is 36.3 cm³/mol. The van der Waals surface area contributed by atoms with Gasteiger partial charge in [0.2, 0.25) is 0 Å². The van der Waals surface area contributed by atoms with Gasteiger partial charge in [0.15, 0.2) is 0 Å². The molecule has 0 saturated heterocycles. The first-order valence-electron chi connectivity index (χ1n) is 3.11. The summed E-state index contributed by atoms with van der Waals surface area (Å²) < 4.78 is 25.4. The topological polar surface area (TPSA) is 41.7 Å². The Kier molecular flexibility index (Phi) is 2.51. The fourth-order valence-corrected chi connectivity index (χ4v) is 0.795. The van der Waals surface area contributed by atoms with Gasteiger partial charge in [-0.1, -0.05) is 12.6 Å². The van der Waals surface area contributed by atoms with E-state index in [0.29, 0.717) is 0 Å². The minimum absolute atomic E-state index is 0.0154. The number of rotatable bonds is 2. The molecule has 60 valence electrons. The summed E-state index contributed by atoms with van der Waals surface area (Å²) >= 11 is 0. The van der Waals surface area contributed by atoms with Crippen molar-refractivity contribution in [2.75, 3.05) is 0 Å². The highest BCUT2D eigenvalue weighted by Gasteiger charge is 2.02. The molecule has 0 aliphatic heterocycles. The molecule has 0 amide bonds. The van der Waals surface area contributed by atoms with E-state index >= 15 is 0 Å². The average Bonchev–Trinajstić information content (AvgIpc) is 1.97. The standard InChI is InChI=1S/C7H8F2N2/c8-6-2-1-3-7(9)5(6)4-11-10/h1-3H,4H2,10H3. The second-order valence-electron chi connectivity index (χ2n) is 2.08. The molecule has 0 radical (unpaired) electrons. The zero-order valence-corrected chi connectivity index (χ0v) is 5.85. The van der Waals surface area contributed by atoms with Gasteiger partial charge in [0.1, 0.15) is 11.6 Å². The molecule has 2 nitrogen and oxygen atoms in total. The molecule has 1 rings (SSSR count). The number of nitrogens with zero attached hydrogens (tertiary/aromatic N) is 1. The van der Waals surface area contributed by atoms with Gasteiger partial charge >= 0.3 is 0 Å². The molecule has 0 spiro atoms. The molecule has 0 aromatic heterocycles. The van der Waals surface area contributed by atoms with Crippen LogP contribution in [0.4, 0.5) is 8.78 Å². The third-order valence-corrected chi connectivity index (χ3v) is 1.33. The largest absolute Gasteiger partial charge is 0.453 e. The molecular formula is C7H8F2N2. The van der Waals surface area contributed by atoms with Gasteiger partial charge < -0.3 is 11.3 Å². The molecule has 4 heteroatoms. The van der Waals surface area contributed by atoms with Crippen molar-refractivity contribution in [1.29, 1.82) is 0 Å². The molecule has 11 heavy (non-hydrogen) atoms. The van der Waals surface area contributed by atoms with Crippen molar-refractivity contribution in [3.63, 3.8) is 0 Å². The fraction of sp³-hybridized carbons (Fsp3) is 0.143. The Morgan fingerprint density at radius 1 is 1.27 bits per heavy atom. The second kappa shape index (κ2) is 3.41. The predicted octanol–water partition coefficient (Wildman–Crippen LogP) is 0.995. The normalized spacial score (nSPS) is 10.1. The average molecular weight is 158 g/mol. The van der Waals surface area contributed by atoms with Crippen LogP contribution in [0.5, 0.6) is 0 Å². The van der Waals surface area contributed by atoms with Crippen molar-refractivity contribution in [3.05, 3.63) is 40.8 Å². The van der Waals surface area contributed by atoms with Gasteiger partial charge in [-0.15, -0.1) is 0 Å². The van der Waals surface area contributed by atoms with E-state index in [9.17, 15) is 8.78 Å². The third kappa shape index (κ3) is 1.72. The van der Waals surface area contributed by atoms with Gasteiger partial charge in [-0.25, -0.2) is 8.78 Å². The van der Waals surface area contributed by atoms with Crippen LogP contribution < -0.4 is 5.84 Å². The van der Waals surface area contributed by atoms with Crippen LogP contribution in [-0.2, 0) is 6.54 Å². The Bertz CT molecular complexity index is 230. The summed E-state index contributed by atoms with van der Waals surface area (Å²) in [6.07, 6.45) is 0. The maximum absolute atomic E-state index is 12.7. The maximum Gasteiger partial charge on any atom is 0.127 e. The zero-order chi connectivity index (χ0) is 8.27. The third-order valence-electron chi connectivity index (χ3n) is 1.33. The monoisotopic (exact) mass is 158 g/mol. The summed E-state index contributed by atoms with van der Waals surface area (Å²) in [5.41, 5.74) is 3.37. The lowest BCUT2D eigenvalue weighted by Crippen LogP contribution is -2.41.